The average Bonchev–Trinajstić information content (AvgIpc) is 2.73. The van der Waals surface area contributed by atoms with Gasteiger partial charge < -0.3 is 44.0 Å². The minimum atomic E-state index is -1.27. The molecule has 0 aliphatic heterocycles. The van der Waals surface area contributed by atoms with Crippen LogP contribution in [-0.4, -0.2) is 72.5 Å². The van der Waals surface area contributed by atoms with E-state index in [1.54, 1.807) is 0 Å². The molecular formula is C19H37N7O6. The van der Waals surface area contributed by atoms with Gasteiger partial charge in [-0.1, -0.05) is 6.42 Å². The summed E-state index contributed by atoms with van der Waals surface area (Å²) in [7, 11) is 0. The first-order chi connectivity index (χ1) is 15.1. The standard InChI is InChI=1S/C19H37N7O6/c20-9-3-1-5-12(22)17(30)25-13(6-2-4-10-21)19(32)26-14(7-8-15(23)27)18(31)24-11-16(28)29/h12-14H,1-11,20-22H2,(H2,23,27)(H,24,31)(H,25,30)(H,26,32)(H,28,29). The zero-order valence-corrected chi connectivity index (χ0v) is 18.3. The van der Waals surface area contributed by atoms with Crippen molar-refractivity contribution in [3.05, 3.63) is 0 Å². The molecule has 0 saturated heterocycles. The molecule has 32 heavy (non-hydrogen) atoms. The zero-order valence-electron chi connectivity index (χ0n) is 18.3. The SMILES string of the molecule is NCCCCC(N)C(=O)NC(CCCCN)C(=O)NC(CCC(N)=O)C(=O)NCC(=O)O. The Morgan fingerprint density at radius 1 is 0.750 bits per heavy atom. The van der Waals surface area contributed by atoms with Crippen LogP contribution in [0, 0.1) is 0 Å². The van der Waals surface area contributed by atoms with Crippen LogP contribution >= 0.6 is 0 Å². The minimum absolute atomic E-state index is 0.130. The van der Waals surface area contributed by atoms with Gasteiger partial charge in [0.2, 0.25) is 23.6 Å². The number of carbonyl (C=O) groups is 5. The van der Waals surface area contributed by atoms with Gasteiger partial charge in [0.05, 0.1) is 6.04 Å². The van der Waals surface area contributed by atoms with Gasteiger partial charge in [-0.25, -0.2) is 0 Å². The van der Waals surface area contributed by atoms with Gasteiger partial charge in [0.1, 0.15) is 18.6 Å². The molecule has 3 unspecified atom stereocenters. The number of nitrogens with two attached hydrogens (primary N) is 4. The van der Waals surface area contributed by atoms with Crippen molar-refractivity contribution in [3.8, 4) is 0 Å². The van der Waals surface area contributed by atoms with E-state index >= 15 is 0 Å². The third-order valence-electron chi connectivity index (χ3n) is 4.61. The number of primary amides is 1. The lowest BCUT2D eigenvalue weighted by atomic mass is 10.0. The minimum Gasteiger partial charge on any atom is -0.480 e. The molecule has 0 aromatic carbocycles. The number of carboxylic acid groups (broad SMARTS) is 1. The largest absolute Gasteiger partial charge is 0.480 e. The molecule has 0 heterocycles. The number of carbonyl (C=O) groups excluding carboxylic acids is 4. The van der Waals surface area contributed by atoms with E-state index in [0.29, 0.717) is 45.2 Å². The van der Waals surface area contributed by atoms with E-state index < -0.39 is 54.3 Å². The fourth-order valence-electron chi connectivity index (χ4n) is 2.79. The Hall–Kier alpha value is -2.77. The van der Waals surface area contributed by atoms with E-state index in [1.807, 2.05) is 0 Å². The fraction of sp³-hybridized carbons (Fsp3) is 0.737. The molecule has 0 aliphatic carbocycles. The molecule has 0 saturated carbocycles. The van der Waals surface area contributed by atoms with Crippen LogP contribution < -0.4 is 38.9 Å². The highest BCUT2D eigenvalue weighted by Gasteiger charge is 2.28. The fourth-order valence-corrected chi connectivity index (χ4v) is 2.79. The van der Waals surface area contributed by atoms with E-state index in [2.05, 4.69) is 16.0 Å². The highest BCUT2D eigenvalue weighted by Crippen LogP contribution is 2.06. The van der Waals surface area contributed by atoms with Crippen molar-refractivity contribution in [3.63, 3.8) is 0 Å². The van der Waals surface area contributed by atoms with Gasteiger partial charge in [-0.15, -0.1) is 0 Å². The number of carboxylic acids is 1. The lowest BCUT2D eigenvalue weighted by Gasteiger charge is -2.24. The van der Waals surface area contributed by atoms with Gasteiger partial charge in [-0.3, -0.25) is 24.0 Å². The first-order valence-corrected chi connectivity index (χ1v) is 10.7. The molecule has 3 atom stereocenters. The predicted octanol–water partition coefficient (Wildman–Crippen LogP) is -2.99. The van der Waals surface area contributed by atoms with E-state index in [9.17, 15) is 24.0 Å². The summed E-state index contributed by atoms with van der Waals surface area (Å²) in [6, 6.07) is -3.02. The molecule has 0 aromatic heterocycles. The van der Waals surface area contributed by atoms with Gasteiger partial charge in [0, 0.05) is 6.42 Å². The summed E-state index contributed by atoms with van der Waals surface area (Å²) in [5.74, 6) is -3.92. The highest BCUT2D eigenvalue weighted by atomic mass is 16.4. The van der Waals surface area contributed by atoms with Crippen molar-refractivity contribution < 1.29 is 29.1 Å². The summed E-state index contributed by atoms with van der Waals surface area (Å²) in [4.78, 5) is 59.3. The molecule has 0 spiro atoms. The molecule has 0 aliphatic rings. The number of aliphatic carboxylic acids is 1. The van der Waals surface area contributed by atoms with E-state index in [1.165, 1.54) is 0 Å². The van der Waals surface area contributed by atoms with Gasteiger partial charge in [0.15, 0.2) is 0 Å². The van der Waals surface area contributed by atoms with Crippen molar-refractivity contribution >= 4 is 29.6 Å². The Bertz CT molecular complexity index is 631. The van der Waals surface area contributed by atoms with Crippen LogP contribution in [0.1, 0.15) is 51.4 Å². The second-order valence-corrected chi connectivity index (χ2v) is 7.41. The van der Waals surface area contributed by atoms with Gasteiger partial charge in [0.25, 0.3) is 0 Å². The van der Waals surface area contributed by atoms with Crippen molar-refractivity contribution in [2.24, 2.45) is 22.9 Å². The maximum absolute atomic E-state index is 12.8. The summed E-state index contributed by atoms with van der Waals surface area (Å²) < 4.78 is 0. The molecule has 13 nitrogen and oxygen atoms in total. The van der Waals surface area contributed by atoms with Crippen LogP contribution in [0.4, 0.5) is 0 Å². The van der Waals surface area contributed by atoms with E-state index in [-0.39, 0.29) is 19.3 Å². The Morgan fingerprint density at radius 2 is 1.28 bits per heavy atom. The second kappa shape index (κ2) is 16.9. The molecule has 13 heteroatoms. The third kappa shape index (κ3) is 13.5. The Balaban J connectivity index is 5.22. The molecular weight excluding hydrogens is 422 g/mol. The molecule has 0 fully saturated rings. The van der Waals surface area contributed by atoms with Gasteiger partial charge in [-0.2, -0.15) is 0 Å². The first-order valence-electron chi connectivity index (χ1n) is 10.7. The van der Waals surface area contributed by atoms with Crippen molar-refractivity contribution in [2.45, 2.75) is 69.5 Å². The van der Waals surface area contributed by atoms with Crippen LogP contribution in [0.3, 0.4) is 0 Å². The summed E-state index contributed by atoms with van der Waals surface area (Å²) in [6.45, 7) is 0.227. The summed E-state index contributed by atoms with van der Waals surface area (Å²) in [6.07, 6.45) is 2.85. The van der Waals surface area contributed by atoms with Crippen molar-refractivity contribution in [1.82, 2.24) is 16.0 Å². The number of amides is 4. The number of nitrogens with one attached hydrogen (secondary N) is 3. The van der Waals surface area contributed by atoms with Crippen LogP contribution in [0.2, 0.25) is 0 Å². The number of unbranched alkanes of at least 4 members (excludes halogenated alkanes) is 2. The lowest BCUT2D eigenvalue weighted by molar-refractivity contribution is -0.138. The molecule has 12 N–H and O–H groups in total. The quantitative estimate of drug-likeness (QED) is 0.0972. The molecule has 184 valence electrons. The Morgan fingerprint density at radius 3 is 1.81 bits per heavy atom. The Labute approximate surface area is 187 Å². The maximum Gasteiger partial charge on any atom is 0.322 e. The van der Waals surface area contributed by atoms with Crippen molar-refractivity contribution in [1.29, 1.82) is 0 Å². The molecule has 0 rings (SSSR count). The summed E-state index contributed by atoms with van der Waals surface area (Å²) >= 11 is 0. The average molecular weight is 460 g/mol. The summed E-state index contributed by atoms with van der Waals surface area (Å²) in [5.41, 5.74) is 21.9. The topological polar surface area (TPSA) is 246 Å². The van der Waals surface area contributed by atoms with E-state index in [0.717, 1.165) is 0 Å². The maximum atomic E-state index is 12.8. The molecule has 4 amide bonds. The van der Waals surface area contributed by atoms with Crippen LogP contribution in [0.15, 0.2) is 0 Å². The second-order valence-electron chi connectivity index (χ2n) is 7.41. The van der Waals surface area contributed by atoms with Crippen LogP contribution in [0.5, 0.6) is 0 Å². The molecule has 0 radical (unpaired) electrons. The first kappa shape index (κ1) is 29.2. The van der Waals surface area contributed by atoms with Gasteiger partial charge in [-0.05, 0) is 51.6 Å². The van der Waals surface area contributed by atoms with Gasteiger partial charge >= 0.3 is 5.97 Å². The monoisotopic (exact) mass is 459 g/mol. The molecule has 0 aromatic rings. The number of rotatable bonds is 18. The normalized spacial score (nSPS) is 13.5. The summed E-state index contributed by atoms with van der Waals surface area (Å²) in [5, 5.41) is 15.9. The van der Waals surface area contributed by atoms with Crippen LogP contribution in [-0.2, 0) is 24.0 Å². The predicted molar refractivity (Wildman–Crippen MR) is 117 cm³/mol. The lowest BCUT2D eigenvalue weighted by Crippen LogP contribution is -2.56. The third-order valence-corrected chi connectivity index (χ3v) is 4.61. The van der Waals surface area contributed by atoms with Crippen molar-refractivity contribution in [2.75, 3.05) is 19.6 Å². The smallest absolute Gasteiger partial charge is 0.322 e. The zero-order chi connectivity index (χ0) is 24.5. The van der Waals surface area contributed by atoms with E-state index in [4.69, 9.17) is 28.0 Å². The molecule has 0 bridgehead atoms. The van der Waals surface area contributed by atoms with Crippen LogP contribution in [0.25, 0.3) is 0 Å². The number of hydrogen-bond acceptors (Lipinski definition) is 8. The Kier molecular flexibility index (Phi) is 15.4. The number of hydrogen-bond donors (Lipinski definition) is 8. The highest BCUT2D eigenvalue weighted by molar-refractivity contribution is 5.93.